The summed E-state index contributed by atoms with van der Waals surface area (Å²) in [6, 6.07) is 4.17. The zero-order chi connectivity index (χ0) is 17.7. The molecule has 26 heavy (non-hydrogen) atoms. The quantitative estimate of drug-likeness (QED) is 0.522. The summed E-state index contributed by atoms with van der Waals surface area (Å²) in [7, 11) is 0. The lowest BCUT2D eigenvalue weighted by molar-refractivity contribution is 0.583. The second-order valence-electron chi connectivity index (χ2n) is 6.27. The van der Waals surface area contributed by atoms with Crippen molar-refractivity contribution in [3.05, 3.63) is 46.3 Å². The van der Waals surface area contributed by atoms with Gasteiger partial charge in [0.1, 0.15) is 22.7 Å². The molecule has 132 valence electrons. The lowest BCUT2D eigenvalue weighted by Gasteiger charge is -2.11. The summed E-state index contributed by atoms with van der Waals surface area (Å²) in [5.74, 6) is 1.32. The first-order chi connectivity index (χ1) is 12.7. The van der Waals surface area contributed by atoms with Gasteiger partial charge in [-0.1, -0.05) is 11.8 Å². The van der Waals surface area contributed by atoms with E-state index in [2.05, 4.69) is 24.7 Å². The Morgan fingerprint density at radius 3 is 3.12 bits per heavy atom. The first kappa shape index (κ1) is 15.8. The summed E-state index contributed by atoms with van der Waals surface area (Å²) in [5, 5.41) is 11.5. The van der Waals surface area contributed by atoms with Gasteiger partial charge in [0.05, 0.1) is 16.9 Å². The molecule has 0 saturated heterocycles. The summed E-state index contributed by atoms with van der Waals surface area (Å²) in [6.45, 7) is 2.02. The maximum atomic E-state index is 12.7. The van der Waals surface area contributed by atoms with Crippen molar-refractivity contribution in [1.29, 1.82) is 0 Å². The van der Waals surface area contributed by atoms with Crippen molar-refractivity contribution in [2.45, 2.75) is 36.2 Å². The maximum absolute atomic E-state index is 12.7. The largest absolute Gasteiger partial charge is 0.464 e. The zero-order valence-corrected chi connectivity index (χ0v) is 15.5. The fourth-order valence-electron chi connectivity index (χ4n) is 2.90. The van der Waals surface area contributed by atoms with Crippen LogP contribution in [-0.2, 0) is 0 Å². The normalized spacial score (nSPS) is 15.6. The van der Waals surface area contributed by atoms with E-state index in [-0.39, 0.29) is 10.8 Å². The molecule has 1 fully saturated rings. The van der Waals surface area contributed by atoms with Crippen molar-refractivity contribution < 1.29 is 4.42 Å². The zero-order valence-electron chi connectivity index (χ0n) is 13.9. The summed E-state index contributed by atoms with van der Waals surface area (Å²) in [4.78, 5) is 21.0. The molecule has 4 aromatic heterocycles. The summed E-state index contributed by atoms with van der Waals surface area (Å²) >= 11 is 3.01. The predicted octanol–water partition coefficient (Wildman–Crippen LogP) is 4.02. The molecule has 9 heteroatoms. The number of thiophene rings is 1. The number of thioether (sulfide) groups is 1. The van der Waals surface area contributed by atoms with Crippen LogP contribution in [0.25, 0.3) is 21.5 Å². The number of nitrogens with zero attached hydrogens (tertiary/aromatic N) is 4. The molecule has 0 spiro atoms. The van der Waals surface area contributed by atoms with Crippen LogP contribution >= 0.6 is 23.1 Å². The molecule has 0 aromatic carbocycles. The Morgan fingerprint density at radius 1 is 1.46 bits per heavy atom. The van der Waals surface area contributed by atoms with Crippen molar-refractivity contribution in [3.8, 4) is 11.3 Å². The van der Waals surface area contributed by atoms with Crippen LogP contribution < -0.4 is 5.56 Å². The van der Waals surface area contributed by atoms with E-state index < -0.39 is 0 Å². The lowest BCUT2D eigenvalue weighted by Crippen LogP contribution is -2.12. The van der Waals surface area contributed by atoms with Crippen molar-refractivity contribution in [2.24, 2.45) is 0 Å². The van der Waals surface area contributed by atoms with Gasteiger partial charge in [0.25, 0.3) is 5.56 Å². The molecular weight excluding hydrogens is 370 g/mol. The molecular formula is C17H15N5O2S2. The van der Waals surface area contributed by atoms with Crippen molar-refractivity contribution in [1.82, 2.24) is 24.7 Å². The highest BCUT2D eigenvalue weighted by molar-refractivity contribution is 7.99. The van der Waals surface area contributed by atoms with Gasteiger partial charge in [0.15, 0.2) is 5.16 Å². The summed E-state index contributed by atoms with van der Waals surface area (Å²) in [5.41, 5.74) is 0.637. The number of aromatic nitrogens is 5. The molecule has 7 nitrogen and oxygen atoms in total. The molecule has 1 saturated carbocycles. The molecule has 1 aliphatic carbocycles. The van der Waals surface area contributed by atoms with Gasteiger partial charge >= 0.3 is 0 Å². The SMILES string of the molecule is CC(Sc1nncn1C1CC1)c1nc2scc(-c3ccco3)c2c(=O)[nH]1. The van der Waals surface area contributed by atoms with Gasteiger partial charge in [-0.2, -0.15) is 0 Å². The summed E-state index contributed by atoms with van der Waals surface area (Å²) < 4.78 is 7.54. The van der Waals surface area contributed by atoms with E-state index >= 15 is 0 Å². The number of hydrogen-bond acceptors (Lipinski definition) is 7. The standard InChI is InChI=1S/C17H15N5O2S2/c1-9(26-17-21-18-8-22(17)10-4-5-10)14-19-15(23)13-11(7-25-16(13)20-14)12-3-2-6-24-12/h2-3,6-10H,4-5H2,1H3,(H,19,20,23). The summed E-state index contributed by atoms with van der Waals surface area (Å²) in [6.07, 6.45) is 5.72. The van der Waals surface area contributed by atoms with Crippen LogP contribution in [0.15, 0.2) is 44.5 Å². The third-order valence-electron chi connectivity index (χ3n) is 4.40. The Balaban J connectivity index is 1.49. The highest BCUT2D eigenvalue weighted by Crippen LogP contribution is 2.40. The molecule has 1 atom stereocenters. The molecule has 0 radical (unpaired) electrons. The minimum absolute atomic E-state index is 0.0389. The third-order valence-corrected chi connectivity index (χ3v) is 6.35. The van der Waals surface area contributed by atoms with Gasteiger partial charge in [-0.15, -0.1) is 21.5 Å². The molecule has 1 unspecified atom stereocenters. The molecule has 0 aliphatic heterocycles. The highest BCUT2D eigenvalue weighted by atomic mass is 32.2. The van der Waals surface area contributed by atoms with Crippen LogP contribution in [0.1, 0.15) is 36.9 Å². The van der Waals surface area contributed by atoms with E-state index in [0.717, 1.165) is 10.7 Å². The molecule has 5 rings (SSSR count). The van der Waals surface area contributed by atoms with E-state index in [4.69, 9.17) is 4.42 Å². The second kappa shape index (κ2) is 6.10. The highest BCUT2D eigenvalue weighted by Gasteiger charge is 2.27. The van der Waals surface area contributed by atoms with E-state index in [0.29, 0.717) is 27.8 Å². The topological polar surface area (TPSA) is 89.6 Å². The van der Waals surface area contributed by atoms with Crippen LogP contribution in [0.4, 0.5) is 0 Å². The third kappa shape index (κ3) is 2.67. The Kier molecular flexibility index (Phi) is 3.71. The van der Waals surface area contributed by atoms with Crippen LogP contribution in [0.5, 0.6) is 0 Å². The van der Waals surface area contributed by atoms with Gasteiger partial charge in [-0.3, -0.25) is 4.79 Å². The first-order valence-corrected chi connectivity index (χ1v) is 10.1. The van der Waals surface area contributed by atoms with E-state index in [1.807, 2.05) is 24.4 Å². The van der Waals surface area contributed by atoms with E-state index in [1.54, 1.807) is 24.4 Å². The van der Waals surface area contributed by atoms with E-state index in [9.17, 15) is 4.79 Å². The number of H-pyrrole nitrogens is 1. The second-order valence-corrected chi connectivity index (χ2v) is 8.44. The van der Waals surface area contributed by atoms with Crippen molar-refractivity contribution in [2.75, 3.05) is 0 Å². The molecule has 0 bridgehead atoms. The van der Waals surface area contributed by atoms with Crippen LogP contribution in [-0.4, -0.2) is 24.7 Å². The van der Waals surface area contributed by atoms with Crippen molar-refractivity contribution in [3.63, 3.8) is 0 Å². The molecule has 1 aliphatic rings. The number of furan rings is 1. The number of fused-ring (bicyclic) bond motifs is 1. The maximum Gasteiger partial charge on any atom is 0.260 e. The van der Waals surface area contributed by atoms with Gasteiger partial charge in [-0.25, -0.2) is 4.98 Å². The van der Waals surface area contributed by atoms with Crippen LogP contribution in [0.2, 0.25) is 0 Å². The van der Waals surface area contributed by atoms with Crippen LogP contribution in [0.3, 0.4) is 0 Å². The van der Waals surface area contributed by atoms with Gasteiger partial charge < -0.3 is 14.0 Å². The average molecular weight is 385 g/mol. The number of aromatic amines is 1. The Bertz CT molecular complexity index is 1120. The number of nitrogens with one attached hydrogen (secondary N) is 1. The minimum Gasteiger partial charge on any atom is -0.464 e. The predicted molar refractivity (Wildman–Crippen MR) is 101 cm³/mol. The lowest BCUT2D eigenvalue weighted by atomic mass is 10.2. The fraction of sp³-hybridized carbons (Fsp3) is 0.294. The van der Waals surface area contributed by atoms with Crippen LogP contribution in [0, 0.1) is 0 Å². The smallest absolute Gasteiger partial charge is 0.260 e. The van der Waals surface area contributed by atoms with Gasteiger partial charge in [0, 0.05) is 17.0 Å². The molecule has 4 heterocycles. The Labute approximate surface area is 156 Å². The average Bonchev–Trinajstić information content (AvgIpc) is 3.06. The minimum atomic E-state index is -0.145. The molecule has 4 aromatic rings. The Morgan fingerprint density at radius 2 is 2.35 bits per heavy atom. The monoisotopic (exact) mass is 385 g/mol. The van der Waals surface area contributed by atoms with E-state index in [1.165, 1.54) is 24.2 Å². The number of hydrogen-bond donors (Lipinski definition) is 1. The van der Waals surface area contributed by atoms with Gasteiger partial charge in [0.2, 0.25) is 0 Å². The number of rotatable bonds is 5. The Hall–Kier alpha value is -2.39. The molecule has 0 amide bonds. The first-order valence-electron chi connectivity index (χ1n) is 8.32. The van der Waals surface area contributed by atoms with Gasteiger partial charge in [-0.05, 0) is 31.9 Å². The fourth-order valence-corrected chi connectivity index (χ4v) is 4.79. The molecule has 1 N–H and O–H groups in total. The van der Waals surface area contributed by atoms with Crippen molar-refractivity contribution >= 4 is 33.3 Å².